The predicted molar refractivity (Wildman–Crippen MR) is 116 cm³/mol. The Morgan fingerprint density at radius 1 is 1.03 bits per heavy atom. The molecule has 0 spiro atoms. The highest BCUT2D eigenvalue weighted by molar-refractivity contribution is 7.89. The molecule has 0 unspecified atom stereocenters. The summed E-state index contributed by atoms with van der Waals surface area (Å²) in [4.78, 5) is 24.0. The topological polar surface area (TPSA) is 83.6 Å². The summed E-state index contributed by atoms with van der Waals surface area (Å²) in [5.41, 5.74) is 1.31. The molecular weight excluding hydrogens is 400 g/mol. The van der Waals surface area contributed by atoms with E-state index in [4.69, 9.17) is 0 Å². The number of amides is 1. The minimum Gasteiger partial charge on any atom is -0.347 e. The van der Waals surface area contributed by atoms with Gasteiger partial charge in [0.05, 0.1) is 10.4 Å². The number of carbonyl (C=O) groups excluding carboxylic acids is 2. The lowest BCUT2D eigenvalue weighted by Crippen LogP contribution is -2.50. The maximum absolute atomic E-state index is 12.7. The van der Waals surface area contributed by atoms with Crippen LogP contribution in [0.25, 0.3) is 0 Å². The van der Waals surface area contributed by atoms with Crippen molar-refractivity contribution in [2.75, 3.05) is 13.6 Å². The van der Waals surface area contributed by atoms with Crippen LogP contribution in [0.5, 0.6) is 0 Å². The number of hydrogen-bond donors (Lipinski definition) is 1. The Labute approximate surface area is 178 Å². The predicted octanol–water partition coefficient (Wildman–Crippen LogP) is 3.49. The molecular formula is C23H28N2O4S. The number of nitrogens with one attached hydrogen (secondary N) is 1. The van der Waals surface area contributed by atoms with E-state index in [0.29, 0.717) is 12.0 Å². The van der Waals surface area contributed by atoms with Gasteiger partial charge >= 0.3 is 0 Å². The fourth-order valence-corrected chi connectivity index (χ4v) is 4.94. The molecule has 30 heavy (non-hydrogen) atoms. The number of carbonyl (C=O) groups is 2. The zero-order valence-corrected chi connectivity index (χ0v) is 18.2. The Hall–Kier alpha value is -2.51. The maximum atomic E-state index is 12.7. The normalized spacial score (nSPS) is 15.4. The molecule has 3 rings (SSSR count). The molecule has 7 heteroatoms. The van der Waals surface area contributed by atoms with Crippen molar-refractivity contribution in [2.45, 2.75) is 49.5 Å². The van der Waals surface area contributed by atoms with Crippen LogP contribution in [0, 0.1) is 0 Å². The minimum atomic E-state index is -3.66. The van der Waals surface area contributed by atoms with Gasteiger partial charge in [-0.2, -0.15) is 0 Å². The van der Waals surface area contributed by atoms with Crippen LogP contribution in [0.1, 0.15) is 54.9 Å². The number of nitrogens with zero attached hydrogens (tertiary/aromatic N) is 1. The molecule has 0 saturated heterocycles. The fourth-order valence-electron chi connectivity index (χ4n) is 3.73. The third kappa shape index (κ3) is 4.79. The van der Waals surface area contributed by atoms with E-state index in [-0.39, 0.29) is 35.1 Å². The van der Waals surface area contributed by atoms with Crippen LogP contribution in [0.2, 0.25) is 0 Å². The van der Waals surface area contributed by atoms with Crippen molar-refractivity contribution in [1.82, 2.24) is 9.62 Å². The lowest BCUT2D eigenvalue weighted by molar-refractivity contribution is -0.124. The molecule has 6 nitrogen and oxygen atoms in total. The van der Waals surface area contributed by atoms with Crippen LogP contribution in [0.4, 0.5) is 0 Å². The molecule has 1 amide bonds. The van der Waals surface area contributed by atoms with Crippen molar-refractivity contribution >= 4 is 21.7 Å². The van der Waals surface area contributed by atoms with Crippen molar-refractivity contribution in [3.63, 3.8) is 0 Å². The van der Waals surface area contributed by atoms with Gasteiger partial charge in [0.2, 0.25) is 15.9 Å². The van der Waals surface area contributed by atoms with Gasteiger partial charge in [-0.25, -0.2) is 12.7 Å². The number of benzene rings is 2. The second-order valence-corrected chi connectivity index (χ2v) is 9.91. The molecule has 0 heterocycles. The zero-order valence-electron chi connectivity index (χ0n) is 17.4. The number of Topliss-reactive ketones (excluding diaryl/α,β-unsaturated/α-hetero) is 1. The Morgan fingerprint density at radius 2 is 1.67 bits per heavy atom. The monoisotopic (exact) mass is 428 g/mol. The summed E-state index contributed by atoms with van der Waals surface area (Å²) in [6.45, 7) is 1.68. The number of sulfonamides is 1. The van der Waals surface area contributed by atoms with Gasteiger partial charge < -0.3 is 5.32 Å². The molecule has 1 fully saturated rings. The standard InChI is InChI=1S/C23H28N2O4S/c1-18(26)19-11-13-21(14-12-19)30(28,29)25(2)17-6-10-22(27)24-23(15-7-16-23)20-8-4-3-5-9-20/h3-5,8-9,11-14H,6-7,10,15-17H2,1-2H3,(H,24,27). The summed E-state index contributed by atoms with van der Waals surface area (Å²) in [5, 5.41) is 3.17. The van der Waals surface area contributed by atoms with Gasteiger partial charge in [0.15, 0.2) is 5.78 Å². The first-order chi connectivity index (χ1) is 14.2. The van der Waals surface area contributed by atoms with Crippen LogP contribution in [0.3, 0.4) is 0 Å². The summed E-state index contributed by atoms with van der Waals surface area (Å²) in [5.74, 6) is -0.173. The number of ketones is 1. The largest absolute Gasteiger partial charge is 0.347 e. The third-order valence-electron chi connectivity index (χ3n) is 5.76. The molecule has 0 atom stereocenters. The average molecular weight is 429 g/mol. The number of hydrogen-bond acceptors (Lipinski definition) is 4. The smallest absolute Gasteiger partial charge is 0.242 e. The lowest BCUT2D eigenvalue weighted by Gasteiger charge is -2.43. The van der Waals surface area contributed by atoms with Crippen LogP contribution in [0.15, 0.2) is 59.5 Å². The van der Waals surface area contributed by atoms with Crippen LogP contribution < -0.4 is 5.32 Å². The summed E-state index contributed by atoms with van der Waals surface area (Å²) < 4.78 is 26.6. The third-order valence-corrected chi connectivity index (χ3v) is 7.63. The van der Waals surface area contributed by atoms with Crippen molar-refractivity contribution < 1.29 is 18.0 Å². The molecule has 0 bridgehead atoms. The minimum absolute atomic E-state index is 0.0600. The molecule has 1 saturated carbocycles. The Balaban J connectivity index is 1.54. The van der Waals surface area contributed by atoms with E-state index in [1.54, 1.807) is 0 Å². The first kappa shape index (κ1) is 22.2. The van der Waals surface area contributed by atoms with Gasteiger partial charge in [0, 0.05) is 25.6 Å². The first-order valence-electron chi connectivity index (χ1n) is 10.2. The molecule has 0 aliphatic heterocycles. The van der Waals surface area contributed by atoms with E-state index in [1.165, 1.54) is 42.5 Å². The molecule has 160 valence electrons. The quantitative estimate of drug-likeness (QED) is 0.620. The van der Waals surface area contributed by atoms with Crippen molar-refractivity contribution in [3.8, 4) is 0 Å². The second kappa shape index (κ2) is 9.10. The van der Waals surface area contributed by atoms with Gasteiger partial charge in [0.25, 0.3) is 0 Å². The summed E-state index contributed by atoms with van der Waals surface area (Å²) in [6, 6.07) is 15.9. The fraction of sp³-hybridized carbons (Fsp3) is 0.391. The second-order valence-electron chi connectivity index (χ2n) is 7.86. The highest BCUT2D eigenvalue weighted by Gasteiger charge is 2.39. The highest BCUT2D eigenvalue weighted by Crippen LogP contribution is 2.41. The Morgan fingerprint density at radius 3 is 2.20 bits per heavy atom. The lowest BCUT2D eigenvalue weighted by atomic mass is 9.71. The Kier molecular flexibility index (Phi) is 6.73. The van der Waals surface area contributed by atoms with E-state index in [9.17, 15) is 18.0 Å². The van der Waals surface area contributed by atoms with Crippen LogP contribution in [-0.2, 0) is 20.4 Å². The van der Waals surface area contributed by atoms with Gasteiger partial charge in [-0.15, -0.1) is 0 Å². The highest BCUT2D eigenvalue weighted by atomic mass is 32.2. The molecule has 1 aliphatic rings. The molecule has 1 aliphatic carbocycles. The summed E-state index contributed by atoms with van der Waals surface area (Å²) in [6.07, 6.45) is 3.62. The van der Waals surface area contributed by atoms with E-state index >= 15 is 0 Å². The van der Waals surface area contributed by atoms with E-state index in [1.807, 2.05) is 30.3 Å². The summed E-state index contributed by atoms with van der Waals surface area (Å²) in [7, 11) is -2.16. The van der Waals surface area contributed by atoms with Gasteiger partial charge in [0.1, 0.15) is 0 Å². The van der Waals surface area contributed by atoms with Crippen LogP contribution in [-0.4, -0.2) is 38.0 Å². The average Bonchev–Trinajstić information content (AvgIpc) is 2.71. The van der Waals surface area contributed by atoms with E-state index < -0.39 is 10.0 Å². The zero-order chi connectivity index (χ0) is 21.8. The van der Waals surface area contributed by atoms with Crippen molar-refractivity contribution in [3.05, 3.63) is 65.7 Å². The van der Waals surface area contributed by atoms with E-state index in [0.717, 1.165) is 24.8 Å². The summed E-state index contributed by atoms with van der Waals surface area (Å²) >= 11 is 0. The molecule has 2 aromatic carbocycles. The van der Waals surface area contributed by atoms with Crippen molar-refractivity contribution in [2.24, 2.45) is 0 Å². The molecule has 1 N–H and O–H groups in total. The van der Waals surface area contributed by atoms with Gasteiger partial charge in [-0.05, 0) is 50.3 Å². The SMILES string of the molecule is CC(=O)c1ccc(S(=O)(=O)N(C)CCCC(=O)NC2(c3ccccc3)CCC2)cc1. The maximum Gasteiger partial charge on any atom is 0.242 e. The number of rotatable bonds is 9. The van der Waals surface area contributed by atoms with Gasteiger partial charge in [-0.1, -0.05) is 42.5 Å². The van der Waals surface area contributed by atoms with Crippen molar-refractivity contribution in [1.29, 1.82) is 0 Å². The first-order valence-corrected chi connectivity index (χ1v) is 11.6. The molecule has 0 radical (unpaired) electrons. The molecule has 0 aromatic heterocycles. The molecule has 2 aromatic rings. The van der Waals surface area contributed by atoms with Gasteiger partial charge in [-0.3, -0.25) is 9.59 Å². The van der Waals surface area contributed by atoms with E-state index in [2.05, 4.69) is 5.32 Å². The van der Waals surface area contributed by atoms with Crippen LogP contribution >= 0.6 is 0 Å². The Bertz CT molecular complexity index is 997.